The van der Waals surface area contributed by atoms with Gasteiger partial charge in [0.1, 0.15) is 18.2 Å². The summed E-state index contributed by atoms with van der Waals surface area (Å²) in [4.78, 5) is 43.4. The van der Waals surface area contributed by atoms with E-state index in [1.807, 2.05) is 30.3 Å². The molecule has 0 radical (unpaired) electrons. The fraction of sp³-hybridized carbons (Fsp3) is 0.348. The number of primary amides is 1. The van der Waals surface area contributed by atoms with E-state index in [1.54, 1.807) is 6.20 Å². The SMILES string of the molecule is NC(=O)C1CCCN1CCOc1ccc(-c2nc3ncc(Br)cc3[nH]2)cc1.O=C(O)C(F)(F)F.O=C(O)C(F)(F)F. The fourth-order valence-electron chi connectivity index (χ4n) is 3.42. The van der Waals surface area contributed by atoms with Gasteiger partial charge in [0, 0.05) is 22.8 Å². The molecule has 1 unspecified atom stereocenters. The number of fused-ring (bicyclic) bond motifs is 1. The second-order valence-corrected chi connectivity index (χ2v) is 9.10. The number of amides is 1. The molecule has 1 atom stereocenters. The molecular formula is C23H22BrF6N5O6. The van der Waals surface area contributed by atoms with Gasteiger partial charge in [-0.05, 0) is 65.6 Å². The first-order chi connectivity index (χ1) is 19.0. The van der Waals surface area contributed by atoms with Crippen molar-refractivity contribution in [1.29, 1.82) is 0 Å². The Kier molecular flexibility index (Phi) is 11.5. The van der Waals surface area contributed by atoms with Crippen LogP contribution in [0.25, 0.3) is 22.6 Å². The highest BCUT2D eigenvalue weighted by Gasteiger charge is 2.38. The highest BCUT2D eigenvalue weighted by Crippen LogP contribution is 2.24. The molecule has 11 nitrogen and oxygen atoms in total. The van der Waals surface area contributed by atoms with Crippen LogP contribution in [0.1, 0.15) is 12.8 Å². The molecule has 2 aromatic heterocycles. The molecule has 1 aromatic carbocycles. The van der Waals surface area contributed by atoms with E-state index in [-0.39, 0.29) is 11.9 Å². The zero-order chi connectivity index (χ0) is 31.0. The molecule has 5 N–H and O–H groups in total. The van der Waals surface area contributed by atoms with Crippen LogP contribution in [0, 0.1) is 0 Å². The van der Waals surface area contributed by atoms with E-state index >= 15 is 0 Å². The minimum Gasteiger partial charge on any atom is -0.492 e. The van der Waals surface area contributed by atoms with E-state index in [9.17, 15) is 31.1 Å². The number of H-pyrrole nitrogens is 1. The minimum atomic E-state index is -5.08. The number of carbonyl (C=O) groups is 3. The normalized spacial score (nSPS) is 15.3. The van der Waals surface area contributed by atoms with Gasteiger partial charge in [-0.2, -0.15) is 26.3 Å². The van der Waals surface area contributed by atoms with Crippen molar-refractivity contribution in [3.63, 3.8) is 0 Å². The minimum absolute atomic E-state index is 0.155. The number of aromatic nitrogens is 3. The number of alkyl halides is 6. The first-order valence-corrected chi connectivity index (χ1v) is 12.2. The quantitative estimate of drug-likeness (QED) is 0.286. The number of aliphatic carboxylic acids is 2. The Hall–Kier alpha value is -3.93. The fourth-order valence-corrected chi connectivity index (χ4v) is 3.75. The van der Waals surface area contributed by atoms with Gasteiger partial charge in [-0.25, -0.2) is 19.6 Å². The number of halogens is 7. The number of ether oxygens (including phenoxy) is 1. The average molecular weight is 658 g/mol. The van der Waals surface area contributed by atoms with Crippen molar-refractivity contribution in [1.82, 2.24) is 19.9 Å². The van der Waals surface area contributed by atoms with Gasteiger partial charge < -0.3 is 25.7 Å². The van der Waals surface area contributed by atoms with Crippen molar-refractivity contribution in [2.75, 3.05) is 19.7 Å². The smallest absolute Gasteiger partial charge is 0.490 e. The summed E-state index contributed by atoms with van der Waals surface area (Å²) < 4.78 is 70.2. The van der Waals surface area contributed by atoms with Gasteiger partial charge >= 0.3 is 24.3 Å². The van der Waals surface area contributed by atoms with Gasteiger partial charge in [0.05, 0.1) is 11.6 Å². The lowest BCUT2D eigenvalue weighted by molar-refractivity contribution is -0.193. The molecule has 1 saturated heterocycles. The maximum Gasteiger partial charge on any atom is 0.490 e. The zero-order valence-electron chi connectivity index (χ0n) is 20.7. The Labute approximate surface area is 235 Å². The number of pyridine rings is 1. The Morgan fingerprint density at radius 2 is 1.63 bits per heavy atom. The number of hydrogen-bond donors (Lipinski definition) is 4. The lowest BCUT2D eigenvalue weighted by atomic mass is 10.2. The zero-order valence-corrected chi connectivity index (χ0v) is 22.3. The summed E-state index contributed by atoms with van der Waals surface area (Å²) in [7, 11) is 0. The average Bonchev–Trinajstić information content (AvgIpc) is 3.51. The van der Waals surface area contributed by atoms with Crippen molar-refractivity contribution < 1.29 is 55.7 Å². The van der Waals surface area contributed by atoms with Gasteiger partial charge in [0.25, 0.3) is 0 Å². The molecule has 4 rings (SSSR count). The molecule has 3 aromatic rings. The maximum atomic E-state index is 11.4. The van der Waals surface area contributed by atoms with Crippen LogP contribution >= 0.6 is 15.9 Å². The van der Waals surface area contributed by atoms with Crippen LogP contribution < -0.4 is 10.5 Å². The van der Waals surface area contributed by atoms with Crippen LogP contribution in [0.3, 0.4) is 0 Å². The highest BCUT2D eigenvalue weighted by atomic mass is 79.9. The van der Waals surface area contributed by atoms with Crippen LogP contribution in [-0.4, -0.2) is 86.0 Å². The molecule has 3 heterocycles. The molecule has 41 heavy (non-hydrogen) atoms. The second-order valence-electron chi connectivity index (χ2n) is 8.19. The number of aromatic amines is 1. The number of carboxylic acid groups (broad SMARTS) is 2. The Morgan fingerprint density at radius 1 is 1.07 bits per heavy atom. The molecule has 1 fully saturated rings. The van der Waals surface area contributed by atoms with Gasteiger partial charge in [0.2, 0.25) is 5.91 Å². The van der Waals surface area contributed by atoms with E-state index < -0.39 is 24.3 Å². The van der Waals surface area contributed by atoms with E-state index in [2.05, 4.69) is 35.8 Å². The summed E-state index contributed by atoms with van der Waals surface area (Å²) in [5.74, 6) is -4.21. The lowest BCUT2D eigenvalue weighted by Gasteiger charge is -2.21. The van der Waals surface area contributed by atoms with Gasteiger partial charge in [-0.15, -0.1) is 0 Å². The number of carboxylic acids is 2. The van der Waals surface area contributed by atoms with E-state index in [1.165, 1.54) is 0 Å². The Balaban J connectivity index is 0.000000349. The predicted octanol–water partition coefficient (Wildman–Crippen LogP) is 3.98. The van der Waals surface area contributed by atoms with Gasteiger partial charge in [-0.3, -0.25) is 9.69 Å². The summed E-state index contributed by atoms with van der Waals surface area (Å²) in [5, 5.41) is 14.2. The largest absolute Gasteiger partial charge is 0.492 e. The van der Waals surface area contributed by atoms with E-state index in [0.29, 0.717) is 18.8 Å². The summed E-state index contributed by atoms with van der Waals surface area (Å²) in [5.41, 5.74) is 7.97. The predicted molar refractivity (Wildman–Crippen MR) is 134 cm³/mol. The molecule has 1 aliphatic rings. The summed E-state index contributed by atoms with van der Waals surface area (Å²) in [6, 6.07) is 9.56. The lowest BCUT2D eigenvalue weighted by Crippen LogP contribution is -2.42. The third-order valence-corrected chi connectivity index (χ3v) is 5.69. The van der Waals surface area contributed by atoms with Gasteiger partial charge in [-0.1, -0.05) is 0 Å². The van der Waals surface area contributed by atoms with Crippen molar-refractivity contribution >= 4 is 44.9 Å². The first-order valence-electron chi connectivity index (χ1n) is 11.4. The number of benzene rings is 1. The summed E-state index contributed by atoms with van der Waals surface area (Å²) in [6.07, 6.45) is -6.59. The topological polar surface area (TPSA) is 172 Å². The molecule has 224 valence electrons. The van der Waals surface area contributed by atoms with Crippen LogP contribution in [0.15, 0.2) is 41.0 Å². The molecule has 1 amide bonds. The standard InChI is InChI=1S/C19H20BrN5O2.2C2HF3O2/c20-13-10-15-19(22-11-13)24-18(23-15)12-3-5-14(6-4-12)27-9-8-25-7-1-2-16(25)17(21)26;2*3-2(4,5)1(6)7/h3-6,10-11,16H,1-2,7-9H2,(H2,21,26)(H,22,23,24);2*(H,6,7). The molecule has 18 heteroatoms. The van der Waals surface area contributed by atoms with E-state index in [0.717, 1.165) is 46.5 Å². The number of likely N-dealkylation sites (tertiary alicyclic amines) is 1. The molecular weight excluding hydrogens is 636 g/mol. The van der Waals surface area contributed by atoms with Crippen LogP contribution in [0.2, 0.25) is 0 Å². The molecule has 1 aliphatic heterocycles. The molecule has 0 spiro atoms. The second kappa shape index (κ2) is 14.1. The maximum absolute atomic E-state index is 11.4. The number of hydrogen-bond acceptors (Lipinski definition) is 7. The third kappa shape index (κ3) is 10.5. The molecule has 0 bridgehead atoms. The Morgan fingerprint density at radius 3 is 2.15 bits per heavy atom. The van der Waals surface area contributed by atoms with Crippen molar-refractivity contribution in [3.8, 4) is 17.1 Å². The number of nitrogens with two attached hydrogens (primary N) is 1. The number of rotatable bonds is 6. The summed E-state index contributed by atoms with van der Waals surface area (Å²) in [6.45, 7) is 2.11. The Bertz CT molecular complexity index is 1330. The van der Waals surface area contributed by atoms with Crippen LogP contribution in [0.4, 0.5) is 26.3 Å². The molecule has 0 saturated carbocycles. The van der Waals surface area contributed by atoms with Crippen molar-refractivity contribution in [2.45, 2.75) is 31.2 Å². The third-order valence-electron chi connectivity index (χ3n) is 5.26. The van der Waals surface area contributed by atoms with Crippen molar-refractivity contribution in [2.24, 2.45) is 5.73 Å². The molecule has 0 aliphatic carbocycles. The van der Waals surface area contributed by atoms with Crippen LogP contribution in [0.5, 0.6) is 5.75 Å². The number of carbonyl (C=O) groups excluding carboxylic acids is 1. The number of nitrogens with one attached hydrogen (secondary N) is 1. The summed E-state index contributed by atoms with van der Waals surface area (Å²) >= 11 is 3.41. The highest BCUT2D eigenvalue weighted by molar-refractivity contribution is 9.10. The van der Waals surface area contributed by atoms with Crippen molar-refractivity contribution in [3.05, 3.63) is 41.0 Å². The first kappa shape index (κ1) is 33.3. The number of imidazole rings is 1. The number of nitrogens with zero attached hydrogens (tertiary/aromatic N) is 3. The monoisotopic (exact) mass is 657 g/mol. The van der Waals surface area contributed by atoms with Crippen LogP contribution in [-0.2, 0) is 14.4 Å². The van der Waals surface area contributed by atoms with E-state index in [4.69, 9.17) is 30.3 Å². The van der Waals surface area contributed by atoms with Gasteiger partial charge in [0.15, 0.2) is 5.65 Å².